The van der Waals surface area contributed by atoms with Crippen LogP contribution < -0.4 is 5.32 Å². The van der Waals surface area contributed by atoms with E-state index in [0.29, 0.717) is 6.54 Å². The van der Waals surface area contributed by atoms with Crippen LogP contribution in [0.1, 0.15) is 11.3 Å². The summed E-state index contributed by atoms with van der Waals surface area (Å²) in [6, 6.07) is 10.2. The van der Waals surface area contributed by atoms with Gasteiger partial charge in [-0.3, -0.25) is 4.99 Å². The molecule has 1 aromatic carbocycles. The average molecular weight is 479 g/mol. The van der Waals surface area contributed by atoms with Crippen LogP contribution in [0.2, 0.25) is 0 Å². The van der Waals surface area contributed by atoms with Crippen LogP contribution in [0, 0.1) is 0 Å². The fourth-order valence-electron chi connectivity index (χ4n) is 1.99. The zero-order chi connectivity index (χ0) is 15.1. The Hall–Kier alpha value is -1.09. The van der Waals surface area contributed by atoms with Gasteiger partial charge in [0.1, 0.15) is 12.0 Å². The predicted molar refractivity (Wildman–Crippen MR) is 103 cm³/mol. The Labute approximate surface area is 156 Å². The summed E-state index contributed by atoms with van der Waals surface area (Å²) in [6.07, 6.45) is 2.52. The Kier molecular flexibility index (Phi) is 8.47. The van der Waals surface area contributed by atoms with Gasteiger partial charge >= 0.3 is 0 Å². The lowest BCUT2D eigenvalue weighted by atomic mass is 10.1. The topological polar surface area (TPSA) is 53.7 Å². The second-order valence-electron chi connectivity index (χ2n) is 4.70. The fourth-order valence-corrected chi connectivity index (χ4v) is 2.26. The number of guanidine groups is 1. The Bertz CT molecular complexity index is 572. The molecule has 0 bridgehead atoms. The molecule has 7 heteroatoms. The molecule has 2 rings (SSSR count). The SMILES string of the molecule is CN=C(NCCc1ccc(Br)cc1)N(C)Cc1ccon1.I. The molecule has 2 aromatic rings. The van der Waals surface area contributed by atoms with E-state index in [9.17, 15) is 0 Å². The van der Waals surface area contributed by atoms with Crippen molar-refractivity contribution in [1.29, 1.82) is 0 Å². The van der Waals surface area contributed by atoms with Crippen molar-refractivity contribution in [3.63, 3.8) is 0 Å². The van der Waals surface area contributed by atoms with Crippen molar-refractivity contribution < 1.29 is 4.52 Å². The summed E-state index contributed by atoms with van der Waals surface area (Å²) >= 11 is 3.44. The van der Waals surface area contributed by atoms with E-state index in [-0.39, 0.29) is 24.0 Å². The van der Waals surface area contributed by atoms with Crippen molar-refractivity contribution >= 4 is 45.9 Å². The maximum atomic E-state index is 4.84. The standard InChI is InChI=1S/C15H19BrN4O.HI/c1-17-15(20(2)11-14-8-10-21-19-14)18-9-7-12-3-5-13(16)6-4-12;/h3-6,8,10H,7,9,11H2,1-2H3,(H,17,18);1H. The van der Waals surface area contributed by atoms with Gasteiger partial charge in [0.25, 0.3) is 0 Å². The summed E-state index contributed by atoms with van der Waals surface area (Å²) in [5.74, 6) is 0.843. The van der Waals surface area contributed by atoms with Gasteiger partial charge in [0.15, 0.2) is 5.96 Å². The van der Waals surface area contributed by atoms with Crippen LogP contribution in [0.3, 0.4) is 0 Å². The van der Waals surface area contributed by atoms with Crippen LogP contribution in [-0.2, 0) is 13.0 Å². The van der Waals surface area contributed by atoms with Gasteiger partial charge in [-0.1, -0.05) is 33.2 Å². The van der Waals surface area contributed by atoms with Crippen LogP contribution in [0.15, 0.2) is 50.6 Å². The third-order valence-corrected chi connectivity index (χ3v) is 3.60. The number of nitrogens with one attached hydrogen (secondary N) is 1. The fraction of sp³-hybridized carbons (Fsp3) is 0.333. The normalized spacial score (nSPS) is 11.0. The number of nitrogens with zero attached hydrogens (tertiary/aromatic N) is 3. The molecule has 5 nitrogen and oxygen atoms in total. The third-order valence-electron chi connectivity index (χ3n) is 3.07. The summed E-state index contributed by atoms with van der Waals surface area (Å²) in [7, 11) is 3.75. The van der Waals surface area contributed by atoms with Gasteiger partial charge in [-0.2, -0.15) is 0 Å². The number of hydrogen-bond acceptors (Lipinski definition) is 3. The van der Waals surface area contributed by atoms with Gasteiger partial charge in [-0.25, -0.2) is 0 Å². The Morgan fingerprint density at radius 1 is 1.32 bits per heavy atom. The summed E-state index contributed by atoms with van der Waals surface area (Å²) < 4.78 is 5.94. The highest BCUT2D eigenvalue weighted by Crippen LogP contribution is 2.10. The van der Waals surface area contributed by atoms with E-state index in [1.165, 1.54) is 5.56 Å². The van der Waals surface area contributed by atoms with Crippen molar-refractivity contribution in [1.82, 2.24) is 15.4 Å². The molecule has 0 aliphatic heterocycles. The van der Waals surface area contributed by atoms with E-state index in [2.05, 4.69) is 55.7 Å². The molecule has 120 valence electrons. The zero-order valence-electron chi connectivity index (χ0n) is 12.6. The van der Waals surface area contributed by atoms with E-state index in [4.69, 9.17) is 4.52 Å². The first-order chi connectivity index (χ1) is 10.2. The maximum Gasteiger partial charge on any atom is 0.193 e. The van der Waals surface area contributed by atoms with Crippen molar-refractivity contribution in [2.45, 2.75) is 13.0 Å². The highest BCUT2D eigenvalue weighted by molar-refractivity contribution is 14.0. The molecule has 0 aliphatic rings. The molecule has 0 saturated heterocycles. The van der Waals surface area contributed by atoms with Crippen LogP contribution >= 0.6 is 39.9 Å². The molecule has 0 fully saturated rings. The lowest BCUT2D eigenvalue weighted by Gasteiger charge is -2.20. The number of rotatable bonds is 5. The number of aliphatic imine (C=N–C) groups is 1. The second-order valence-corrected chi connectivity index (χ2v) is 5.61. The number of halogens is 2. The molecule has 1 heterocycles. The molecule has 0 amide bonds. The van der Waals surface area contributed by atoms with E-state index < -0.39 is 0 Å². The molecule has 1 aromatic heterocycles. The van der Waals surface area contributed by atoms with Crippen molar-refractivity contribution in [2.75, 3.05) is 20.6 Å². The van der Waals surface area contributed by atoms with Crippen LogP contribution in [0.5, 0.6) is 0 Å². The minimum atomic E-state index is 0. The Balaban J connectivity index is 0.00000242. The van der Waals surface area contributed by atoms with E-state index in [1.54, 1.807) is 13.3 Å². The molecule has 0 spiro atoms. The van der Waals surface area contributed by atoms with Crippen molar-refractivity contribution in [3.8, 4) is 0 Å². The number of benzene rings is 1. The number of hydrogen-bond donors (Lipinski definition) is 1. The molecule has 0 aliphatic carbocycles. The highest BCUT2D eigenvalue weighted by atomic mass is 127. The van der Waals surface area contributed by atoms with Gasteiger partial charge < -0.3 is 14.7 Å². The van der Waals surface area contributed by atoms with Crippen molar-refractivity contribution in [3.05, 3.63) is 52.3 Å². The molecule has 0 unspecified atom stereocenters. The maximum absolute atomic E-state index is 4.84. The molecule has 1 N–H and O–H groups in total. The van der Waals surface area contributed by atoms with Gasteiger partial charge in [-0.15, -0.1) is 24.0 Å². The van der Waals surface area contributed by atoms with E-state index in [0.717, 1.165) is 29.1 Å². The molecule has 0 radical (unpaired) electrons. The van der Waals surface area contributed by atoms with Crippen molar-refractivity contribution in [2.24, 2.45) is 4.99 Å². The molecular weight excluding hydrogens is 459 g/mol. The molecule has 22 heavy (non-hydrogen) atoms. The average Bonchev–Trinajstić information content (AvgIpc) is 2.98. The molecule has 0 saturated carbocycles. The van der Waals surface area contributed by atoms with Gasteiger partial charge in [0.2, 0.25) is 0 Å². The highest BCUT2D eigenvalue weighted by Gasteiger charge is 2.07. The zero-order valence-corrected chi connectivity index (χ0v) is 16.5. The lowest BCUT2D eigenvalue weighted by molar-refractivity contribution is 0.391. The monoisotopic (exact) mass is 478 g/mol. The summed E-state index contributed by atoms with van der Waals surface area (Å²) in [6.45, 7) is 1.49. The second kappa shape index (κ2) is 9.83. The summed E-state index contributed by atoms with van der Waals surface area (Å²) in [5, 5.41) is 7.26. The van der Waals surface area contributed by atoms with Gasteiger partial charge in [0, 0.05) is 31.2 Å². The molecular formula is C15H20BrIN4O. The minimum Gasteiger partial charge on any atom is -0.364 e. The Morgan fingerprint density at radius 3 is 2.64 bits per heavy atom. The van der Waals surface area contributed by atoms with Crippen LogP contribution in [0.25, 0.3) is 0 Å². The van der Waals surface area contributed by atoms with Gasteiger partial charge in [0.05, 0.1) is 6.54 Å². The summed E-state index contributed by atoms with van der Waals surface area (Å²) in [5.41, 5.74) is 2.17. The lowest BCUT2D eigenvalue weighted by Crippen LogP contribution is -2.39. The summed E-state index contributed by atoms with van der Waals surface area (Å²) in [4.78, 5) is 6.29. The largest absolute Gasteiger partial charge is 0.364 e. The third kappa shape index (κ3) is 5.96. The smallest absolute Gasteiger partial charge is 0.193 e. The number of aromatic nitrogens is 1. The van der Waals surface area contributed by atoms with E-state index >= 15 is 0 Å². The van der Waals surface area contributed by atoms with Crippen LogP contribution in [-0.4, -0.2) is 36.7 Å². The molecule has 0 atom stereocenters. The van der Waals surface area contributed by atoms with Gasteiger partial charge in [-0.05, 0) is 24.1 Å². The first kappa shape index (κ1) is 19.0. The van der Waals surface area contributed by atoms with E-state index in [1.807, 2.05) is 18.0 Å². The predicted octanol–water partition coefficient (Wildman–Crippen LogP) is 3.31. The van der Waals surface area contributed by atoms with Crippen LogP contribution in [0.4, 0.5) is 0 Å². The first-order valence-corrected chi connectivity index (χ1v) is 7.54. The first-order valence-electron chi connectivity index (χ1n) is 6.74. The quantitative estimate of drug-likeness (QED) is 0.407. The minimum absolute atomic E-state index is 0. The Morgan fingerprint density at radius 2 is 2.05 bits per heavy atom.